The average Bonchev–Trinajstić information content (AvgIpc) is 2.73. The Hall–Kier alpha value is -1.42. The fraction of sp³-hybridized carbons (Fsp3) is 0.308. The molecule has 3 nitrogen and oxygen atoms in total. The first-order valence-electron chi connectivity index (χ1n) is 5.59. The van der Waals surface area contributed by atoms with E-state index in [2.05, 4.69) is 41.5 Å². The molecule has 17 heavy (non-hydrogen) atoms. The zero-order chi connectivity index (χ0) is 12.1. The van der Waals surface area contributed by atoms with Crippen LogP contribution in [0.5, 0.6) is 0 Å². The zero-order valence-electron chi connectivity index (χ0n) is 10.1. The molecular formula is C13H16N2OS. The van der Waals surface area contributed by atoms with Gasteiger partial charge in [-0.2, -0.15) is 0 Å². The van der Waals surface area contributed by atoms with Crippen LogP contribution in [0.15, 0.2) is 40.2 Å². The molecular weight excluding hydrogens is 232 g/mol. The summed E-state index contributed by atoms with van der Waals surface area (Å²) in [6.07, 6.45) is 1.68. The summed E-state index contributed by atoms with van der Waals surface area (Å²) in [6.45, 7) is 4.91. The zero-order valence-corrected chi connectivity index (χ0v) is 10.9. The standard InChI is InChI=1S/C13H16N2OS/c1-10-3-5-12(6-4-10)14-7-8-17-13-15-11(2)9-16-13/h3-6,9,14H,7-8H2,1-2H3. The maximum atomic E-state index is 5.26. The molecule has 2 rings (SSSR count). The van der Waals surface area contributed by atoms with Crippen LogP contribution in [-0.4, -0.2) is 17.3 Å². The molecule has 1 aromatic heterocycles. The third kappa shape index (κ3) is 3.82. The number of aryl methyl sites for hydroxylation is 2. The van der Waals surface area contributed by atoms with Crippen molar-refractivity contribution in [3.63, 3.8) is 0 Å². The molecule has 0 radical (unpaired) electrons. The molecule has 2 aromatic rings. The van der Waals surface area contributed by atoms with E-state index in [1.54, 1.807) is 18.0 Å². The molecule has 1 aromatic carbocycles. The summed E-state index contributed by atoms with van der Waals surface area (Å²) in [7, 11) is 0. The molecule has 0 spiro atoms. The van der Waals surface area contributed by atoms with Gasteiger partial charge in [0.05, 0.1) is 5.69 Å². The second kappa shape index (κ2) is 5.77. The number of hydrogen-bond acceptors (Lipinski definition) is 4. The predicted molar refractivity (Wildman–Crippen MR) is 71.6 cm³/mol. The van der Waals surface area contributed by atoms with E-state index < -0.39 is 0 Å². The van der Waals surface area contributed by atoms with Gasteiger partial charge >= 0.3 is 0 Å². The molecule has 0 aliphatic carbocycles. The summed E-state index contributed by atoms with van der Waals surface area (Å²) in [6, 6.07) is 8.39. The molecule has 0 atom stereocenters. The molecule has 0 bridgehead atoms. The van der Waals surface area contributed by atoms with Gasteiger partial charge in [-0.3, -0.25) is 0 Å². The first kappa shape index (κ1) is 12.0. The number of thioether (sulfide) groups is 1. The Balaban J connectivity index is 1.71. The number of anilines is 1. The molecule has 0 saturated heterocycles. The number of benzene rings is 1. The number of aromatic nitrogens is 1. The van der Waals surface area contributed by atoms with Gasteiger partial charge in [0, 0.05) is 18.0 Å². The lowest BCUT2D eigenvalue weighted by Crippen LogP contribution is -2.03. The van der Waals surface area contributed by atoms with Crippen molar-refractivity contribution >= 4 is 17.4 Å². The van der Waals surface area contributed by atoms with E-state index in [0.717, 1.165) is 28.9 Å². The van der Waals surface area contributed by atoms with Gasteiger partial charge in [-0.1, -0.05) is 29.5 Å². The summed E-state index contributed by atoms with van der Waals surface area (Å²) in [5, 5.41) is 4.10. The third-order valence-corrected chi connectivity index (χ3v) is 3.15. The van der Waals surface area contributed by atoms with Crippen LogP contribution >= 0.6 is 11.8 Å². The number of hydrogen-bond donors (Lipinski definition) is 1. The van der Waals surface area contributed by atoms with E-state index in [4.69, 9.17) is 4.42 Å². The number of nitrogens with zero attached hydrogens (tertiary/aromatic N) is 1. The predicted octanol–water partition coefficient (Wildman–Crippen LogP) is 3.50. The van der Waals surface area contributed by atoms with Crippen molar-refractivity contribution in [3.8, 4) is 0 Å². The summed E-state index contributed by atoms with van der Waals surface area (Å²) in [4.78, 5) is 4.24. The van der Waals surface area contributed by atoms with E-state index in [1.807, 2.05) is 6.92 Å². The second-order valence-corrected chi connectivity index (χ2v) is 4.94. The lowest BCUT2D eigenvalue weighted by molar-refractivity contribution is 0.454. The van der Waals surface area contributed by atoms with Crippen molar-refractivity contribution in [2.75, 3.05) is 17.6 Å². The summed E-state index contributed by atoms with van der Waals surface area (Å²) in [5.41, 5.74) is 3.36. The Kier molecular flexibility index (Phi) is 4.09. The van der Waals surface area contributed by atoms with E-state index in [-0.39, 0.29) is 0 Å². The second-order valence-electron chi connectivity index (χ2n) is 3.90. The van der Waals surface area contributed by atoms with Gasteiger partial charge < -0.3 is 9.73 Å². The molecule has 1 heterocycles. The van der Waals surface area contributed by atoms with Gasteiger partial charge in [0.1, 0.15) is 6.26 Å². The Morgan fingerprint density at radius 3 is 2.65 bits per heavy atom. The third-order valence-electron chi connectivity index (χ3n) is 2.31. The van der Waals surface area contributed by atoms with E-state index >= 15 is 0 Å². The van der Waals surface area contributed by atoms with Gasteiger partial charge in [-0.25, -0.2) is 4.98 Å². The van der Waals surface area contributed by atoms with E-state index in [0.29, 0.717) is 0 Å². The molecule has 0 saturated carbocycles. The monoisotopic (exact) mass is 248 g/mol. The van der Waals surface area contributed by atoms with Crippen LogP contribution in [0, 0.1) is 13.8 Å². The molecule has 4 heteroatoms. The van der Waals surface area contributed by atoms with Crippen molar-refractivity contribution in [2.45, 2.75) is 19.1 Å². The fourth-order valence-corrected chi connectivity index (χ4v) is 2.11. The highest BCUT2D eigenvalue weighted by atomic mass is 32.2. The largest absolute Gasteiger partial charge is 0.440 e. The summed E-state index contributed by atoms with van der Waals surface area (Å²) in [5.74, 6) is 0.938. The van der Waals surface area contributed by atoms with Crippen LogP contribution in [0.3, 0.4) is 0 Å². The number of oxazole rings is 1. The molecule has 1 N–H and O–H groups in total. The summed E-state index contributed by atoms with van der Waals surface area (Å²) >= 11 is 1.62. The Morgan fingerprint density at radius 1 is 1.24 bits per heavy atom. The normalized spacial score (nSPS) is 10.5. The van der Waals surface area contributed by atoms with Gasteiger partial charge in [-0.05, 0) is 26.0 Å². The van der Waals surface area contributed by atoms with Crippen LogP contribution in [0.4, 0.5) is 5.69 Å². The van der Waals surface area contributed by atoms with Crippen molar-refractivity contribution in [3.05, 3.63) is 41.8 Å². The molecule has 0 unspecified atom stereocenters. The Labute approximate surface area is 106 Å². The molecule has 90 valence electrons. The van der Waals surface area contributed by atoms with Crippen molar-refractivity contribution in [1.29, 1.82) is 0 Å². The van der Waals surface area contributed by atoms with Crippen LogP contribution in [0.25, 0.3) is 0 Å². The number of nitrogens with one attached hydrogen (secondary N) is 1. The smallest absolute Gasteiger partial charge is 0.255 e. The SMILES string of the molecule is Cc1ccc(NCCSc2nc(C)co2)cc1. The molecule has 0 fully saturated rings. The Morgan fingerprint density at radius 2 is 2.00 bits per heavy atom. The van der Waals surface area contributed by atoms with Crippen molar-refractivity contribution in [2.24, 2.45) is 0 Å². The fourth-order valence-electron chi connectivity index (χ4n) is 1.40. The minimum absolute atomic E-state index is 0.744. The first-order chi connectivity index (χ1) is 8.24. The average molecular weight is 248 g/mol. The van der Waals surface area contributed by atoms with Gasteiger partial charge in [-0.15, -0.1) is 0 Å². The highest BCUT2D eigenvalue weighted by molar-refractivity contribution is 7.99. The van der Waals surface area contributed by atoms with Gasteiger partial charge in [0.15, 0.2) is 0 Å². The minimum atomic E-state index is 0.744. The Bertz CT molecular complexity index is 465. The van der Waals surface area contributed by atoms with E-state index in [1.165, 1.54) is 5.56 Å². The first-order valence-corrected chi connectivity index (χ1v) is 6.58. The minimum Gasteiger partial charge on any atom is -0.440 e. The van der Waals surface area contributed by atoms with E-state index in [9.17, 15) is 0 Å². The van der Waals surface area contributed by atoms with Crippen LogP contribution in [0.2, 0.25) is 0 Å². The van der Waals surface area contributed by atoms with Gasteiger partial charge in [0.25, 0.3) is 5.22 Å². The topological polar surface area (TPSA) is 38.1 Å². The van der Waals surface area contributed by atoms with Crippen molar-refractivity contribution in [1.82, 2.24) is 4.98 Å². The van der Waals surface area contributed by atoms with Crippen LogP contribution in [0.1, 0.15) is 11.3 Å². The molecule has 0 amide bonds. The van der Waals surface area contributed by atoms with Gasteiger partial charge in [0.2, 0.25) is 0 Å². The maximum absolute atomic E-state index is 5.26. The van der Waals surface area contributed by atoms with Crippen LogP contribution in [-0.2, 0) is 0 Å². The molecule has 0 aliphatic rings. The maximum Gasteiger partial charge on any atom is 0.255 e. The quantitative estimate of drug-likeness (QED) is 0.649. The highest BCUT2D eigenvalue weighted by Crippen LogP contribution is 2.16. The lowest BCUT2D eigenvalue weighted by atomic mass is 10.2. The highest BCUT2D eigenvalue weighted by Gasteiger charge is 2.00. The lowest BCUT2D eigenvalue weighted by Gasteiger charge is -2.05. The summed E-state index contributed by atoms with van der Waals surface area (Å²) < 4.78 is 5.26. The van der Waals surface area contributed by atoms with Crippen LogP contribution < -0.4 is 5.32 Å². The number of rotatable bonds is 5. The molecule has 0 aliphatic heterocycles. The van der Waals surface area contributed by atoms with Crippen molar-refractivity contribution < 1.29 is 4.42 Å².